The van der Waals surface area contributed by atoms with E-state index in [1.807, 2.05) is 19.1 Å². The number of hydrogen-bond donors (Lipinski definition) is 0. The molecule has 0 radical (unpaired) electrons. The maximum Gasteiger partial charge on any atom is 0.130 e. The van der Waals surface area contributed by atoms with Crippen LogP contribution in [0.4, 0.5) is 4.39 Å². The van der Waals surface area contributed by atoms with Gasteiger partial charge in [0.25, 0.3) is 0 Å². The van der Waals surface area contributed by atoms with Crippen molar-refractivity contribution < 1.29 is 9.13 Å². The first kappa shape index (κ1) is 22.9. The number of rotatable bonds is 7. The first-order chi connectivity index (χ1) is 13.0. The standard InChI is InChI=1S/C25H36FOP/c1-9-10-13-25(7,28-22-12-11-17(2)14-21(22)26)20-16-19(24(4,5)6)15-18(3)23(20)27-8/h11-12,14-16,28H,9-10,13H2,1-8H3. The highest BCUT2D eigenvalue weighted by molar-refractivity contribution is 7.48. The lowest BCUT2D eigenvalue weighted by molar-refractivity contribution is 0.396. The van der Waals surface area contributed by atoms with Crippen molar-refractivity contribution in [3.05, 3.63) is 58.4 Å². The molecule has 0 aliphatic carbocycles. The van der Waals surface area contributed by atoms with Crippen LogP contribution in [0.3, 0.4) is 0 Å². The second-order valence-electron chi connectivity index (χ2n) is 9.17. The molecule has 0 aliphatic heterocycles. The molecule has 0 spiro atoms. The Hall–Kier alpha value is -1.40. The second-order valence-corrected chi connectivity index (χ2v) is 11.1. The molecule has 0 aromatic heterocycles. The number of unbranched alkanes of at least 4 members (excludes halogenated alkanes) is 1. The van der Waals surface area contributed by atoms with Gasteiger partial charge in [0, 0.05) is 16.0 Å². The summed E-state index contributed by atoms with van der Waals surface area (Å²) in [6.07, 6.45) is 3.24. The van der Waals surface area contributed by atoms with Crippen LogP contribution in [0.25, 0.3) is 0 Å². The second kappa shape index (κ2) is 8.95. The molecule has 0 bridgehead atoms. The summed E-state index contributed by atoms with van der Waals surface area (Å²) in [4.78, 5) is 0. The Morgan fingerprint density at radius 3 is 2.25 bits per heavy atom. The van der Waals surface area contributed by atoms with Gasteiger partial charge in [-0.25, -0.2) is 4.39 Å². The predicted molar refractivity (Wildman–Crippen MR) is 122 cm³/mol. The average molecular weight is 403 g/mol. The summed E-state index contributed by atoms with van der Waals surface area (Å²) in [6.45, 7) is 15.3. The Labute approximate surface area is 172 Å². The zero-order valence-corrected chi connectivity index (χ0v) is 19.8. The number of ether oxygens (including phenoxy) is 1. The monoisotopic (exact) mass is 402 g/mol. The van der Waals surface area contributed by atoms with E-state index < -0.39 is 0 Å². The van der Waals surface area contributed by atoms with E-state index in [9.17, 15) is 4.39 Å². The minimum Gasteiger partial charge on any atom is -0.496 e. The van der Waals surface area contributed by atoms with Crippen LogP contribution in [0.1, 0.15) is 76.1 Å². The zero-order chi connectivity index (χ0) is 21.1. The largest absolute Gasteiger partial charge is 0.496 e. The molecule has 0 saturated carbocycles. The molecule has 2 rings (SSSR count). The molecular formula is C25H36FOP. The van der Waals surface area contributed by atoms with Gasteiger partial charge in [0.15, 0.2) is 0 Å². The summed E-state index contributed by atoms with van der Waals surface area (Å²) < 4.78 is 20.6. The first-order valence-corrected chi connectivity index (χ1v) is 11.3. The summed E-state index contributed by atoms with van der Waals surface area (Å²) in [6, 6.07) is 10.2. The van der Waals surface area contributed by atoms with Crippen LogP contribution in [-0.4, -0.2) is 7.11 Å². The number of halogens is 1. The van der Waals surface area contributed by atoms with Gasteiger partial charge in [0.1, 0.15) is 11.6 Å². The van der Waals surface area contributed by atoms with Crippen molar-refractivity contribution in [2.45, 2.75) is 78.3 Å². The normalized spacial score (nSPS) is 14.5. The van der Waals surface area contributed by atoms with Crippen LogP contribution in [0.5, 0.6) is 5.75 Å². The summed E-state index contributed by atoms with van der Waals surface area (Å²) in [5.74, 6) is 0.857. The molecule has 0 N–H and O–H groups in total. The highest BCUT2D eigenvalue weighted by atomic mass is 31.1. The van der Waals surface area contributed by atoms with E-state index in [0.29, 0.717) is 8.58 Å². The van der Waals surface area contributed by atoms with Gasteiger partial charge in [-0.05, 0) is 48.4 Å². The highest BCUT2D eigenvalue weighted by Gasteiger charge is 2.33. The van der Waals surface area contributed by atoms with E-state index in [-0.39, 0.29) is 16.4 Å². The van der Waals surface area contributed by atoms with Gasteiger partial charge in [-0.15, -0.1) is 0 Å². The van der Waals surface area contributed by atoms with E-state index in [2.05, 4.69) is 53.7 Å². The van der Waals surface area contributed by atoms with Crippen molar-refractivity contribution in [1.82, 2.24) is 0 Å². The van der Waals surface area contributed by atoms with Crippen LogP contribution in [0.15, 0.2) is 30.3 Å². The highest BCUT2D eigenvalue weighted by Crippen LogP contribution is 2.50. The Balaban J connectivity index is 2.64. The number of aryl methyl sites for hydroxylation is 2. The molecule has 0 aliphatic rings. The van der Waals surface area contributed by atoms with Crippen molar-refractivity contribution in [3.8, 4) is 5.75 Å². The molecule has 0 saturated heterocycles. The van der Waals surface area contributed by atoms with Crippen LogP contribution in [0, 0.1) is 19.7 Å². The maximum atomic E-state index is 14.7. The van der Waals surface area contributed by atoms with Crippen molar-refractivity contribution in [2.75, 3.05) is 7.11 Å². The minimum absolute atomic E-state index is 0.0513. The molecule has 0 heterocycles. The van der Waals surface area contributed by atoms with Gasteiger partial charge in [-0.1, -0.05) is 80.3 Å². The molecule has 0 amide bonds. The topological polar surface area (TPSA) is 9.23 Å². The van der Waals surface area contributed by atoms with E-state index in [1.54, 1.807) is 13.2 Å². The summed E-state index contributed by atoms with van der Waals surface area (Å²) in [5, 5.41) is 0.647. The van der Waals surface area contributed by atoms with Crippen LogP contribution >= 0.6 is 8.58 Å². The molecule has 154 valence electrons. The Bertz CT molecular complexity index is 822. The molecule has 2 aromatic rings. The fourth-order valence-corrected chi connectivity index (χ4v) is 5.28. The summed E-state index contributed by atoms with van der Waals surface area (Å²) in [7, 11) is 2.10. The third-order valence-electron chi connectivity index (χ3n) is 5.50. The zero-order valence-electron chi connectivity index (χ0n) is 18.8. The lowest BCUT2D eigenvalue weighted by atomic mass is 9.82. The lowest BCUT2D eigenvalue weighted by Crippen LogP contribution is -2.23. The smallest absolute Gasteiger partial charge is 0.130 e. The van der Waals surface area contributed by atoms with E-state index >= 15 is 0 Å². The van der Waals surface area contributed by atoms with E-state index in [1.165, 1.54) is 11.1 Å². The third-order valence-corrected chi connectivity index (χ3v) is 7.25. The number of methoxy groups -OCH3 is 1. The maximum absolute atomic E-state index is 14.7. The SMILES string of the molecule is CCCCC(C)(Pc1ccc(C)cc1F)c1cc(C(C)(C)C)cc(C)c1OC. The predicted octanol–water partition coefficient (Wildman–Crippen LogP) is 7.16. The molecule has 3 heteroatoms. The first-order valence-electron chi connectivity index (χ1n) is 10.3. The number of hydrogen-bond acceptors (Lipinski definition) is 1. The van der Waals surface area contributed by atoms with E-state index in [0.717, 1.165) is 41.4 Å². The Morgan fingerprint density at radius 1 is 1.04 bits per heavy atom. The van der Waals surface area contributed by atoms with Crippen molar-refractivity contribution >= 4 is 13.9 Å². The van der Waals surface area contributed by atoms with Crippen LogP contribution in [0.2, 0.25) is 0 Å². The van der Waals surface area contributed by atoms with Gasteiger partial charge in [-0.2, -0.15) is 0 Å². The van der Waals surface area contributed by atoms with Gasteiger partial charge in [0.2, 0.25) is 0 Å². The van der Waals surface area contributed by atoms with Crippen molar-refractivity contribution in [3.63, 3.8) is 0 Å². The lowest BCUT2D eigenvalue weighted by Gasteiger charge is -2.34. The van der Waals surface area contributed by atoms with Gasteiger partial charge in [-0.3, -0.25) is 0 Å². The summed E-state index contributed by atoms with van der Waals surface area (Å²) in [5.41, 5.74) is 4.69. The molecule has 2 aromatic carbocycles. The number of benzene rings is 2. The molecule has 1 nitrogen and oxygen atoms in total. The van der Waals surface area contributed by atoms with E-state index in [4.69, 9.17) is 4.74 Å². The molecule has 2 atom stereocenters. The molecule has 28 heavy (non-hydrogen) atoms. The molecular weight excluding hydrogens is 366 g/mol. The average Bonchev–Trinajstić information content (AvgIpc) is 2.61. The fourth-order valence-electron chi connectivity index (χ4n) is 3.70. The fraction of sp³-hybridized carbons (Fsp3) is 0.520. The Kier molecular flexibility index (Phi) is 7.32. The van der Waals surface area contributed by atoms with Gasteiger partial charge < -0.3 is 4.74 Å². The van der Waals surface area contributed by atoms with Crippen LogP contribution < -0.4 is 10.0 Å². The van der Waals surface area contributed by atoms with Crippen molar-refractivity contribution in [2.24, 2.45) is 0 Å². The molecule has 0 fully saturated rings. The Morgan fingerprint density at radius 2 is 1.71 bits per heavy atom. The third kappa shape index (κ3) is 5.15. The van der Waals surface area contributed by atoms with Crippen LogP contribution in [-0.2, 0) is 10.6 Å². The minimum atomic E-state index is -0.163. The quantitative estimate of drug-likeness (QED) is 0.447. The molecule has 2 unspecified atom stereocenters. The van der Waals surface area contributed by atoms with Crippen molar-refractivity contribution in [1.29, 1.82) is 0 Å². The van der Waals surface area contributed by atoms with Gasteiger partial charge in [0.05, 0.1) is 7.11 Å². The summed E-state index contributed by atoms with van der Waals surface area (Å²) >= 11 is 0. The van der Waals surface area contributed by atoms with Gasteiger partial charge >= 0.3 is 0 Å².